The zero-order valence-corrected chi connectivity index (χ0v) is 15.8. The van der Waals surface area contributed by atoms with E-state index < -0.39 is 0 Å². The lowest BCUT2D eigenvalue weighted by molar-refractivity contribution is -0.115. The Morgan fingerprint density at radius 2 is 2.00 bits per heavy atom. The summed E-state index contributed by atoms with van der Waals surface area (Å²) in [5, 5.41) is 3.11. The molecule has 0 aliphatic heterocycles. The third-order valence-electron chi connectivity index (χ3n) is 3.80. The number of amides is 1. The topological polar surface area (TPSA) is 74.8 Å². The molecule has 0 aliphatic carbocycles. The summed E-state index contributed by atoms with van der Waals surface area (Å²) in [7, 11) is 0. The Labute approximate surface area is 152 Å². The van der Waals surface area contributed by atoms with Gasteiger partial charge in [-0.05, 0) is 38.3 Å². The molecule has 0 bridgehead atoms. The van der Waals surface area contributed by atoms with E-state index in [9.17, 15) is 9.59 Å². The fourth-order valence-electron chi connectivity index (χ4n) is 2.34. The van der Waals surface area contributed by atoms with Gasteiger partial charge in [-0.15, -0.1) is 0 Å². The summed E-state index contributed by atoms with van der Waals surface area (Å²) in [4.78, 5) is 31.6. The van der Waals surface area contributed by atoms with E-state index in [4.69, 9.17) is 0 Å². The normalized spacial score (nSPS) is 12.0. The molecule has 1 unspecified atom stereocenters. The van der Waals surface area contributed by atoms with Crippen molar-refractivity contribution in [2.45, 2.75) is 56.9 Å². The Bertz CT molecular complexity index is 756. The lowest BCUT2D eigenvalue weighted by Gasteiger charge is -2.14. The van der Waals surface area contributed by atoms with E-state index in [1.54, 1.807) is 0 Å². The molecule has 0 spiro atoms. The van der Waals surface area contributed by atoms with Gasteiger partial charge in [0.25, 0.3) is 5.56 Å². The number of carbonyl (C=O) groups is 1. The molecule has 134 valence electrons. The first-order valence-electron chi connectivity index (χ1n) is 8.66. The Hall–Kier alpha value is -2.08. The minimum atomic E-state index is -0.314. The van der Waals surface area contributed by atoms with E-state index in [1.165, 1.54) is 17.8 Å². The molecule has 0 saturated heterocycles. The first-order valence-corrected chi connectivity index (χ1v) is 9.54. The molecule has 1 aromatic carbocycles. The number of rotatable bonds is 8. The average Bonchev–Trinajstić information content (AvgIpc) is 2.59. The number of nitrogens with zero attached hydrogens (tertiary/aromatic N) is 1. The van der Waals surface area contributed by atoms with Gasteiger partial charge in [0.05, 0.1) is 5.25 Å². The second-order valence-corrected chi connectivity index (χ2v) is 7.21. The third kappa shape index (κ3) is 6.05. The van der Waals surface area contributed by atoms with Crippen LogP contribution in [-0.4, -0.2) is 21.1 Å². The fourth-order valence-corrected chi connectivity index (χ4v) is 3.27. The van der Waals surface area contributed by atoms with Crippen LogP contribution in [0.5, 0.6) is 0 Å². The van der Waals surface area contributed by atoms with E-state index in [1.807, 2.05) is 38.1 Å². The molecule has 0 saturated carbocycles. The molecular formula is C19H25N3O2S. The summed E-state index contributed by atoms with van der Waals surface area (Å²) < 4.78 is 0. The number of hydrogen-bond donors (Lipinski definition) is 2. The van der Waals surface area contributed by atoms with Gasteiger partial charge in [-0.1, -0.05) is 49.7 Å². The number of aromatic amines is 1. The largest absolute Gasteiger partial charge is 0.325 e. The van der Waals surface area contributed by atoms with E-state index in [-0.39, 0.29) is 16.7 Å². The van der Waals surface area contributed by atoms with Crippen LogP contribution in [-0.2, 0) is 11.2 Å². The zero-order valence-electron chi connectivity index (χ0n) is 15.0. The van der Waals surface area contributed by atoms with Crippen LogP contribution in [0, 0.1) is 6.92 Å². The van der Waals surface area contributed by atoms with Crippen LogP contribution in [0.15, 0.2) is 40.3 Å². The standard InChI is InChI=1S/C19H25N3O2S/c1-4-6-7-15-12-17(23)22-19(21-15)25-16(5-2)18(24)20-14-10-8-13(3)9-11-14/h8-12,16H,4-7H2,1-3H3,(H,20,24)(H,21,22,23). The molecule has 5 nitrogen and oxygen atoms in total. The molecule has 1 amide bonds. The molecule has 2 N–H and O–H groups in total. The number of carbonyl (C=O) groups excluding carboxylic acids is 1. The quantitative estimate of drug-likeness (QED) is 0.553. The molecule has 2 aromatic rings. The number of nitrogens with one attached hydrogen (secondary N) is 2. The minimum Gasteiger partial charge on any atom is -0.325 e. The maximum atomic E-state index is 12.5. The van der Waals surface area contributed by atoms with Crippen molar-refractivity contribution in [3.8, 4) is 0 Å². The summed E-state index contributed by atoms with van der Waals surface area (Å²) in [6.07, 6.45) is 3.46. The van der Waals surface area contributed by atoms with Gasteiger partial charge in [-0.2, -0.15) is 0 Å². The molecule has 2 rings (SSSR count). The summed E-state index contributed by atoms with van der Waals surface area (Å²) in [6, 6.07) is 9.22. The van der Waals surface area contributed by atoms with Crippen molar-refractivity contribution in [2.24, 2.45) is 0 Å². The number of hydrogen-bond acceptors (Lipinski definition) is 4. The summed E-state index contributed by atoms with van der Waals surface area (Å²) in [6.45, 7) is 6.06. The molecule has 1 aromatic heterocycles. The van der Waals surface area contributed by atoms with Crippen molar-refractivity contribution in [2.75, 3.05) is 5.32 Å². The average molecular weight is 359 g/mol. The van der Waals surface area contributed by atoms with Crippen LogP contribution >= 0.6 is 11.8 Å². The smallest absolute Gasteiger partial charge is 0.251 e. The van der Waals surface area contributed by atoms with Gasteiger partial charge in [0.15, 0.2) is 5.16 Å². The Morgan fingerprint density at radius 3 is 2.64 bits per heavy atom. The fraction of sp³-hybridized carbons (Fsp3) is 0.421. The second-order valence-electron chi connectivity index (χ2n) is 6.02. The highest BCUT2D eigenvalue weighted by atomic mass is 32.2. The van der Waals surface area contributed by atoms with Crippen LogP contribution in [0.25, 0.3) is 0 Å². The van der Waals surface area contributed by atoms with E-state index >= 15 is 0 Å². The highest BCUT2D eigenvalue weighted by molar-refractivity contribution is 8.00. The van der Waals surface area contributed by atoms with Gasteiger partial charge in [0, 0.05) is 17.4 Å². The van der Waals surface area contributed by atoms with Crippen molar-refractivity contribution in [3.63, 3.8) is 0 Å². The van der Waals surface area contributed by atoms with Crippen molar-refractivity contribution < 1.29 is 4.79 Å². The molecule has 0 radical (unpaired) electrons. The Balaban J connectivity index is 2.07. The highest BCUT2D eigenvalue weighted by Gasteiger charge is 2.19. The first kappa shape index (κ1) is 19.2. The van der Waals surface area contributed by atoms with Crippen LogP contribution < -0.4 is 10.9 Å². The van der Waals surface area contributed by atoms with Gasteiger partial charge in [0.2, 0.25) is 5.91 Å². The molecule has 1 heterocycles. The predicted molar refractivity (Wildman–Crippen MR) is 103 cm³/mol. The molecule has 0 fully saturated rings. The number of aromatic nitrogens is 2. The lowest BCUT2D eigenvalue weighted by Crippen LogP contribution is -2.25. The molecule has 0 aliphatic rings. The maximum absolute atomic E-state index is 12.5. The van der Waals surface area contributed by atoms with Gasteiger partial charge < -0.3 is 10.3 Å². The summed E-state index contributed by atoms with van der Waals surface area (Å²) in [5.41, 5.74) is 2.53. The number of thioether (sulfide) groups is 1. The number of aryl methyl sites for hydroxylation is 2. The monoisotopic (exact) mass is 359 g/mol. The number of unbranched alkanes of at least 4 members (excludes halogenated alkanes) is 1. The van der Waals surface area contributed by atoms with Crippen LogP contribution in [0.4, 0.5) is 5.69 Å². The predicted octanol–water partition coefficient (Wildman–Crippen LogP) is 3.93. The van der Waals surface area contributed by atoms with Gasteiger partial charge in [0.1, 0.15) is 0 Å². The van der Waals surface area contributed by atoms with Gasteiger partial charge in [-0.3, -0.25) is 9.59 Å². The van der Waals surface area contributed by atoms with Crippen molar-refractivity contribution >= 4 is 23.4 Å². The minimum absolute atomic E-state index is 0.0852. The molecular weight excluding hydrogens is 334 g/mol. The van der Waals surface area contributed by atoms with E-state index in [0.29, 0.717) is 11.6 Å². The number of anilines is 1. The van der Waals surface area contributed by atoms with Crippen LogP contribution in [0.2, 0.25) is 0 Å². The van der Waals surface area contributed by atoms with E-state index in [2.05, 4.69) is 22.2 Å². The van der Waals surface area contributed by atoms with E-state index in [0.717, 1.165) is 36.2 Å². The van der Waals surface area contributed by atoms with Crippen molar-refractivity contribution in [3.05, 3.63) is 51.9 Å². The number of H-pyrrole nitrogens is 1. The van der Waals surface area contributed by atoms with Gasteiger partial charge >= 0.3 is 0 Å². The SMILES string of the molecule is CCCCc1cc(=O)[nH]c(SC(CC)C(=O)Nc2ccc(C)cc2)n1. The summed E-state index contributed by atoms with van der Waals surface area (Å²) in [5.74, 6) is -0.0852. The molecule has 6 heteroatoms. The Morgan fingerprint density at radius 1 is 1.28 bits per heavy atom. The second kappa shape index (κ2) is 9.42. The zero-order chi connectivity index (χ0) is 18.2. The third-order valence-corrected chi connectivity index (χ3v) is 5.04. The number of benzene rings is 1. The first-order chi connectivity index (χ1) is 12.0. The summed E-state index contributed by atoms with van der Waals surface area (Å²) >= 11 is 1.30. The van der Waals surface area contributed by atoms with Crippen molar-refractivity contribution in [1.82, 2.24) is 9.97 Å². The lowest BCUT2D eigenvalue weighted by atomic mass is 10.2. The van der Waals surface area contributed by atoms with Crippen LogP contribution in [0.1, 0.15) is 44.4 Å². The van der Waals surface area contributed by atoms with Gasteiger partial charge in [-0.25, -0.2) is 4.98 Å². The Kier molecular flexibility index (Phi) is 7.25. The maximum Gasteiger partial charge on any atom is 0.251 e. The molecule has 25 heavy (non-hydrogen) atoms. The highest BCUT2D eigenvalue weighted by Crippen LogP contribution is 2.23. The molecule has 1 atom stereocenters. The van der Waals surface area contributed by atoms with Crippen LogP contribution in [0.3, 0.4) is 0 Å². The van der Waals surface area contributed by atoms with Crippen molar-refractivity contribution in [1.29, 1.82) is 0 Å².